The van der Waals surface area contributed by atoms with Gasteiger partial charge in [0.2, 0.25) is 0 Å². The molecule has 1 heterocycles. The first kappa shape index (κ1) is 12.6. The lowest BCUT2D eigenvalue weighted by Crippen LogP contribution is -2.18. The summed E-state index contributed by atoms with van der Waals surface area (Å²) in [5.41, 5.74) is 0. The highest BCUT2D eigenvalue weighted by molar-refractivity contribution is 7.11. The van der Waals surface area contributed by atoms with Crippen LogP contribution in [0.15, 0.2) is 6.20 Å². The highest BCUT2D eigenvalue weighted by Gasteiger charge is 1.96. The summed E-state index contributed by atoms with van der Waals surface area (Å²) in [6.07, 6.45) is 4.30. The predicted molar refractivity (Wildman–Crippen MR) is 64.3 cm³/mol. The van der Waals surface area contributed by atoms with Crippen LogP contribution in [0.1, 0.15) is 29.7 Å². The van der Waals surface area contributed by atoms with Crippen LogP contribution in [-0.4, -0.2) is 24.7 Å². The van der Waals surface area contributed by atoms with E-state index in [2.05, 4.69) is 17.2 Å². The Morgan fingerprint density at radius 1 is 1.47 bits per heavy atom. The van der Waals surface area contributed by atoms with E-state index >= 15 is 0 Å². The van der Waals surface area contributed by atoms with E-state index in [1.807, 2.05) is 13.1 Å². The number of nitrogens with zero attached hydrogens (tertiary/aromatic N) is 1. The zero-order chi connectivity index (χ0) is 10.9. The number of thiazole rings is 1. The quantitative estimate of drug-likeness (QED) is 0.694. The Labute approximate surface area is 95.9 Å². The van der Waals surface area contributed by atoms with Gasteiger partial charge in [-0.05, 0) is 13.3 Å². The number of hydrogen-bond acceptors (Lipinski definition) is 4. The lowest BCUT2D eigenvalue weighted by Gasteiger charge is -2.04. The molecule has 0 radical (unpaired) electrons. The van der Waals surface area contributed by atoms with Crippen molar-refractivity contribution in [2.24, 2.45) is 0 Å². The molecule has 0 aliphatic heterocycles. The third kappa shape index (κ3) is 5.87. The minimum atomic E-state index is 0.803. The molecule has 0 aliphatic carbocycles. The number of hydrogen-bond donors (Lipinski definition) is 1. The summed E-state index contributed by atoms with van der Waals surface area (Å²) in [4.78, 5) is 5.50. The number of unbranched alkanes of at least 4 members (excludes halogenated alkanes) is 1. The Bertz CT molecular complexity index is 263. The van der Waals surface area contributed by atoms with Crippen molar-refractivity contribution in [3.05, 3.63) is 16.1 Å². The maximum atomic E-state index is 5.44. The van der Waals surface area contributed by atoms with Gasteiger partial charge in [0, 0.05) is 30.8 Å². The van der Waals surface area contributed by atoms with Crippen molar-refractivity contribution in [2.75, 3.05) is 19.8 Å². The van der Waals surface area contributed by atoms with Gasteiger partial charge in [-0.15, -0.1) is 11.3 Å². The fourth-order valence-corrected chi connectivity index (χ4v) is 1.96. The van der Waals surface area contributed by atoms with E-state index in [1.165, 1.54) is 11.3 Å². The molecule has 0 spiro atoms. The summed E-state index contributed by atoms with van der Waals surface area (Å²) >= 11 is 1.75. The molecule has 0 saturated carbocycles. The summed E-state index contributed by atoms with van der Waals surface area (Å²) in [6, 6.07) is 0. The molecular formula is C11H20N2OS. The Hall–Kier alpha value is -0.450. The van der Waals surface area contributed by atoms with Gasteiger partial charge in [0.1, 0.15) is 0 Å². The normalized spacial score (nSPS) is 10.8. The standard InChI is InChI=1S/C11H20N2OS/c1-3-4-6-14-7-5-12-8-11-9-13-10(2)15-11/h9,12H,3-8H2,1-2H3. The number of rotatable bonds is 8. The van der Waals surface area contributed by atoms with Gasteiger partial charge in [-0.3, -0.25) is 0 Å². The molecule has 15 heavy (non-hydrogen) atoms. The third-order valence-corrected chi connectivity index (χ3v) is 2.95. The van der Waals surface area contributed by atoms with E-state index in [0.29, 0.717) is 0 Å². The largest absolute Gasteiger partial charge is 0.380 e. The summed E-state index contributed by atoms with van der Waals surface area (Å²) in [5, 5.41) is 4.47. The van der Waals surface area contributed by atoms with Crippen LogP contribution in [0.25, 0.3) is 0 Å². The van der Waals surface area contributed by atoms with Crippen molar-refractivity contribution in [1.29, 1.82) is 0 Å². The van der Waals surface area contributed by atoms with Gasteiger partial charge in [0.05, 0.1) is 11.6 Å². The fourth-order valence-electron chi connectivity index (χ4n) is 1.19. The van der Waals surface area contributed by atoms with E-state index in [9.17, 15) is 0 Å². The third-order valence-electron chi connectivity index (χ3n) is 2.03. The molecule has 0 aliphatic rings. The van der Waals surface area contributed by atoms with Crippen LogP contribution in [-0.2, 0) is 11.3 Å². The minimum Gasteiger partial charge on any atom is -0.380 e. The molecule has 86 valence electrons. The number of ether oxygens (including phenoxy) is 1. The Morgan fingerprint density at radius 3 is 3.00 bits per heavy atom. The highest BCUT2D eigenvalue weighted by atomic mass is 32.1. The topological polar surface area (TPSA) is 34.1 Å². The molecule has 1 aromatic rings. The van der Waals surface area contributed by atoms with Crippen molar-refractivity contribution in [1.82, 2.24) is 10.3 Å². The van der Waals surface area contributed by atoms with Crippen LogP contribution in [0.3, 0.4) is 0 Å². The van der Waals surface area contributed by atoms with Crippen LogP contribution in [0.5, 0.6) is 0 Å². The van der Waals surface area contributed by atoms with Crippen LogP contribution >= 0.6 is 11.3 Å². The fraction of sp³-hybridized carbons (Fsp3) is 0.727. The molecular weight excluding hydrogens is 208 g/mol. The van der Waals surface area contributed by atoms with E-state index in [0.717, 1.165) is 37.7 Å². The molecule has 4 heteroatoms. The summed E-state index contributed by atoms with van der Waals surface area (Å²) in [5.74, 6) is 0. The van der Waals surface area contributed by atoms with Gasteiger partial charge in [0.15, 0.2) is 0 Å². The van der Waals surface area contributed by atoms with Crippen molar-refractivity contribution in [3.63, 3.8) is 0 Å². The second-order valence-electron chi connectivity index (χ2n) is 3.49. The van der Waals surface area contributed by atoms with E-state index in [-0.39, 0.29) is 0 Å². The number of nitrogens with one attached hydrogen (secondary N) is 1. The van der Waals surface area contributed by atoms with Gasteiger partial charge in [-0.1, -0.05) is 13.3 Å². The van der Waals surface area contributed by atoms with Crippen molar-refractivity contribution >= 4 is 11.3 Å². The maximum Gasteiger partial charge on any atom is 0.0897 e. The Kier molecular flexibility index (Phi) is 6.55. The SMILES string of the molecule is CCCCOCCNCc1cnc(C)s1. The minimum absolute atomic E-state index is 0.803. The molecule has 3 nitrogen and oxygen atoms in total. The lowest BCUT2D eigenvalue weighted by molar-refractivity contribution is 0.133. The zero-order valence-electron chi connectivity index (χ0n) is 9.58. The molecule has 0 unspecified atom stereocenters. The first-order chi connectivity index (χ1) is 7.33. The van der Waals surface area contributed by atoms with E-state index in [1.54, 1.807) is 11.3 Å². The van der Waals surface area contributed by atoms with Crippen LogP contribution in [0.2, 0.25) is 0 Å². The highest BCUT2D eigenvalue weighted by Crippen LogP contribution is 2.10. The number of aromatic nitrogens is 1. The maximum absolute atomic E-state index is 5.44. The summed E-state index contributed by atoms with van der Waals surface area (Å²) in [6.45, 7) is 7.72. The Balaban J connectivity index is 1.93. The first-order valence-electron chi connectivity index (χ1n) is 5.52. The molecule has 0 aromatic carbocycles. The van der Waals surface area contributed by atoms with Crippen molar-refractivity contribution in [3.8, 4) is 0 Å². The van der Waals surface area contributed by atoms with Crippen LogP contribution < -0.4 is 5.32 Å². The molecule has 0 saturated heterocycles. The van der Waals surface area contributed by atoms with E-state index < -0.39 is 0 Å². The second-order valence-corrected chi connectivity index (χ2v) is 4.81. The van der Waals surface area contributed by atoms with Gasteiger partial charge in [-0.25, -0.2) is 4.98 Å². The monoisotopic (exact) mass is 228 g/mol. The molecule has 0 fully saturated rings. The first-order valence-corrected chi connectivity index (χ1v) is 6.34. The zero-order valence-corrected chi connectivity index (χ0v) is 10.4. The molecule has 0 atom stereocenters. The van der Waals surface area contributed by atoms with Gasteiger partial charge >= 0.3 is 0 Å². The molecule has 1 rings (SSSR count). The van der Waals surface area contributed by atoms with Crippen molar-refractivity contribution in [2.45, 2.75) is 33.2 Å². The average Bonchev–Trinajstić information content (AvgIpc) is 2.63. The molecule has 0 bridgehead atoms. The second kappa shape index (κ2) is 7.79. The van der Waals surface area contributed by atoms with Gasteiger partial charge in [0.25, 0.3) is 0 Å². The summed E-state index contributed by atoms with van der Waals surface area (Å²) < 4.78 is 5.44. The van der Waals surface area contributed by atoms with Crippen molar-refractivity contribution < 1.29 is 4.74 Å². The summed E-state index contributed by atoms with van der Waals surface area (Å²) in [7, 11) is 0. The van der Waals surface area contributed by atoms with Gasteiger partial charge < -0.3 is 10.1 Å². The molecule has 0 amide bonds. The predicted octanol–water partition coefficient (Wildman–Crippen LogP) is 2.36. The molecule has 1 N–H and O–H groups in total. The van der Waals surface area contributed by atoms with E-state index in [4.69, 9.17) is 4.74 Å². The molecule has 1 aromatic heterocycles. The van der Waals surface area contributed by atoms with Gasteiger partial charge in [-0.2, -0.15) is 0 Å². The van der Waals surface area contributed by atoms with Crippen LogP contribution in [0, 0.1) is 6.92 Å². The smallest absolute Gasteiger partial charge is 0.0897 e. The van der Waals surface area contributed by atoms with Crippen LogP contribution in [0.4, 0.5) is 0 Å². The average molecular weight is 228 g/mol. The Morgan fingerprint density at radius 2 is 2.33 bits per heavy atom. The lowest BCUT2D eigenvalue weighted by atomic mass is 10.4. The number of aryl methyl sites for hydroxylation is 1.